The number of hydrogen-bond donors (Lipinski definition) is 5. The van der Waals surface area contributed by atoms with Crippen LogP contribution in [0.4, 0.5) is 5.95 Å². The van der Waals surface area contributed by atoms with Crippen LogP contribution in [0.2, 0.25) is 5.28 Å². The van der Waals surface area contributed by atoms with Gasteiger partial charge in [0.2, 0.25) is 21.3 Å². The average Bonchev–Trinajstić information content (AvgIpc) is 3.84. The molecule has 0 radical (unpaired) electrons. The number of aromatic nitrogens is 4. The van der Waals surface area contributed by atoms with Gasteiger partial charge in [-0.05, 0) is 82.0 Å². The molecular weight excluding hydrogens is 1100 g/mol. The first-order chi connectivity index (χ1) is 37.6. The molecule has 6 aliphatic heterocycles. The molecule has 0 amide bonds. The van der Waals surface area contributed by atoms with Gasteiger partial charge in [0.15, 0.2) is 0 Å². The first kappa shape index (κ1) is 60.7. The number of aliphatic hydroxyl groups excluding tert-OH is 1. The van der Waals surface area contributed by atoms with Crippen LogP contribution in [-0.2, 0) is 51.1 Å². The van der Waals surface area contributed by atoms with Gasteiger partial charge < -0.3 is 45.1 Å². The third-order valence-corrected chi connectivity index (χ3v) is 18.4. The number of sulfonamides is 1. The highest BCUT2D eigenvalue weighted by Crippen LogP contribution is 2.34. The predicted molar refractivity (Wildman–Crippen MR) is 301 cm³/mol. The maximum absolute atomic E-state index is 13.4. The topological polar surface area (TPSA) is 245 Å². The van der Waals surface area contributed by atoms with Crippen LogP contribution < -0.4 is 15.5 Å². The van der Waals surface area contributed by atoms with Crippen LogP contribution in [0, 0.1) is 0 Å². The molecule has 0 spiro atoms. The molecule has 430 valence electrons. The Kier molecular flexibility index (Phi) is 20.9. The smallest absolute Gasteiger partial charge is 0.261 e. The Hall–Kier alpha value is -4.34. The summed E-state index contributed by atoms with van der Waals surface area (Å²) >= 11 is 5.46. The second kappa shape index (κ2) is 27.2. The molecule has 11 rings (SSSR count). The number of morpholine rings is 2. The number of aliphatic hydroxyl groups is 3. The van der Waals surface area contributed by atoms with Crippen molar-refractivity contribution in [1.82, 2.24) is 44.7 Å². The Morgan fingerprint density at radius 2 is 1.24 bits per heavy atom. The summed E-state index contributed by atoms with van der Waals surface area (Å²) in [6.07, 6.45) is 7.84. The van der Waals surface area contributed by atoms with Gasteiger partial charge >= 0.3 is 0 Å². The van der Waals surface area contributed by atoms with Gasteiger partial charge in [-0.25, -0.2) is 36.8 Å². The highest BCUT2D eigenvalue weighted by molar-refractivity contribution is 8.13. The number of benzene rings is 3. The number of rotatable bonds is 13. The Balaban J connectivity index is 0.000000158. The SMILES string of the molecule is CC(C)(O)c1cnc(Cl)nc1.CC(C)(O)c1cnc(N2CCN(S(=O)(=O)c3ccccc3)C[C@@H]2CN2C3COCC2C(O)C3)nc1.O=S(=O)(Cl)c1ccccc1.c1ccc(COC2CC3COCC2N3C[C@H]2CNCCN2)cc1. The van der Waals surface area contributed by atoms with Crippen molar-refractivity contribution in [2.75, 3.05) is 83.7 Å². The summed E-state index contributed by atoms with van der Waals surface area (Å²) in [4.78, 5) is 23.9. The molecule has 6 aliphatic rings. The maximum Gasteiger partial charge on any atom is 0.261 e. The number of halogens is 2. The lowest BCUT2D eigenvalue weighted by Gasteiger charge is -2.45. The van der Waals surface area contributed by atoms with Crippen LogP contribution in [0.3, 0.4) is 0 Å². The second-order valence-corrected chi connectivity index (χ2v) is 26.4. The van der Waals surface area contributed by atoms with Crippen molar-refractivity contribution in [3.63, 3.8) is 0 Å². The van der Waals surface area contributed by atoms with Crippen molar-refractivity contribution in [3.05, 3.63) is 138 Å². The zero-order chi connectivity index (χ0) is 56.4. The molecule has 20 nitrogen and oxygen atoms in total. The van der Waals surface area contributed by atoms with E-state index in [1.165, 1.54) is 34.4 Å². The van der Waals surface area contributed by atoms with Gasteiger partial charge in [-0.15, -0.1) is 0 Å². The highest BCUT2D eigenvalue weighted by atomic mass is 35.7. The molecule has 0 saturated carbocycles. The molecule has 0 aliphatic carbocycles. The molecular formula is C55H74Cl2N10O10S2. The third kappa shape index (κ3) is 16.4. The lowest BCUT2D eigenvalue weighted by molar-refractivity contribution is -0.0522. The van der Waals surface area contributed by atoms with Crippen LogP contribution in [0.25, 0.3) is 0 Å². The Labute approximate surface area is 473 Å². The Morgan fingerprint density at radius 3 is 1.78 bits per heavy atom. The predicted octanol–water partition coefficient (Wildman–Crippen LogP) is 4.00. The van der Waals surface area contributed by atoms with E-state index in [0.29, 0.717) is 87.2 Å². The maximum atomic E-state index is 13.4. The summed E-state index contributed by atoms with van der Waals surface area (Å²) < 4.78 is 67.2. The van der Waals surface area contributed by atoms with Gasteiger partial charge in [-0.1, -0.05) is 66.7 Å². The van der Waals surface area contributed by atoms with Crippen LogP contribution in [0.5, 0.6) is 0 Å². The molecule has 79 heavy (non-hydrogen) atoms. The second-order valence-electron chi connectivity index (χ2n) is 21.5. The van der Waals surface area contributed by atoms with E-state index in [-0.39, 0.29) is 39.7 Å². The largest absolute Gasteiger partial charge is 0.391 e. The summed E-state index contributed by atoms with van der Waals surface area (Å²) in [5, 5.41) is 37.6. The zero-order valence-corrected chi connectivity index (χ0v) is 48.2. The summed E-state index contributed by atoms with van der Waals surface area (Å²) in [6.45, 7) is 16.0. The first-order valence-electron chi connectivity index (χ1n) is 26.7. The highest BCUT2D eigenvalue weighted by Gasteiger charge is 2.47. The monoisotopic (exact) mass is 1170 g/mol. The van der Waals surface area contributed by atoms with E-state index in [2.05, 4.69) is 64.6 Å². The molecule has 6 saturated heterocycles. The standard InChI is InChI=1S/C24H33N5O5S.C18H27N3O2.C7H9ClN2O.C6H5ClO2S/c1-24(2,31)17-11-25-23(26-12-17)28-9-8-27(35(32,33)20-6-4-3-5-7-20)13-19(28)14-29-18-10-22(30)21(29)16-34-15-18;1-2-4-14(5-3-1)11-23-18-8-16-12-22-13-17(18)21(16)10-15-9-19-6-7-20-15;1-7(2,11)5-3-9-6(8)10-4-5;7-10(8,9)6-4-2-1-3-5-6/h3-7,11-12,18-19,21-22,30-31H,8-10,13-16H2,1-2H3;1-5,15-20H,6-13H2;3-4,11H,1-2H3;1-5H/t18?,19-,21?,22?;15-,16?,17?,18?;;/m11../s1. The van der Waals surface area contributed by atoms with Gasteiger partial charge in [-0.2, -0.15) is 4.31 Å². The van der Waals surface area contributed by atoms with Crippen LogP contribution >= 0.6 is 22.3 Å². The molecule has 6 unspecified atom stereocenters. The van der Waals surface area contributed by atoms with Crippen molar-refractivity contribution >= 4 is 47.3 Å². The van der Waals surface area contributed by atoms with Gasteiger partial charge in [0, 0.05) is 117 Å². The van der Waals surface area contributed by atoms with Crippen molar-refractivity contribution < 1.29 is 46.4 Å². The minimum absolute atomic E-state index is 0.102. The Bertz CT molecular complexity index is 2900. The van der Waals surface area contributed by atoms with E-state index in [4.69, 9.17) is 36.5 Å². The minimum Gasteiger partial charge on any atom is -0.391 e. The number of nitrogens with one attached hydrogen (secondary N) is 2. The van der Waals surface area contributed by atoms with Crippen LogP contribution in [-0.4, -0.2) is 193 Å². The molecule has 4 bridgehead atoms. The lowest BCUT2D eigenvalue weighted by Crippen LogP contribution is -2.61. The van der Waals surface area contributed by atoms with Gasteiger partial charge in [0.1, 0.15) is 0 Å². The van der Waals surface area contributed by atoms with Crippen molar-refractivity contribution in [2.24, 2.45) is 0 Å². The van der Waals surface area contributed by atoms with E-state index in [1.807, 2.05) is 11.0 Å². The molecule has 6 fully saturated rings. The molecule has 8 heterocycles. The van der Waals surface area contributed by atoms with E-state index < -0.39 is 36.4 Å². The minimum atomic E-state index is -3.65. The number of hydrogen-bond acceptors (Lipinski definition) is 19. The molecule has 5 aromatic rings. The number of anilines is 1. The Morgan fingerprint density at radius 1 is 0.696 bits per heavy atom. The quantitative estimate of drug-likeness (QED) is 0.0826. The molecule has 3 aromatic carbocycles. The van der Waals surface area contributed by atoms with Crippen molar-refractivity contribution in [2.45, 2.75) is 117 Å². The lowest BCUT2D eigenvalue weighted by atomic mass is 10.0. The summed E-state index contributed by atoms with van der Waals surface area (Å²) in [6, 6.07) is 28.1. The van der Waals surface area contributed by atoms with Gasteiger partial charge in [0.25, 0.3) is 9.05 Å². The van der Waals surface area contributed by atoms with Gasteiger partial charge in [0.05, 0.1) is 84.4 Å². The van der Waals surface area contributed by atoms with E-state index in [1.54, 1.807) is 88.6 Å². The molecule has 2 aromatic heterocycles. The van der Waals surface area contributed by atoms with Crippen LogP contribution in [0.1, 0.15) is 57.2 Å². The first-order valence-corrected chi connectivity index (χ1v) is 30.8. The van der Waals surface area contributed by atoms with E-state index >= 15 is 0 Å². The van der Waals surface area contributed by atoms with Gasteiger partial charge in [-0.3, -0.25) is 9.80 Å². The number of piperazine rings is 2. The fraction of sp³-hybridized carbons (Fsp3) is 0.527. The number of fused-ring (bicyclic) bond motifs is 4. The molecule has 5 N–H and O–H groups in total. The summed E-state index contributed by atoms with van der Waals surface area (Å²) in [5.74, 6) is 0.501. The fourth-order valence-electron chi connectivity index (χ4n) is 10.6. The van der Waals surface area contributed by atoms with Crippen molar-refractivity contribution in [1.29, 1.82) is 0 Å². The summed E-state index contributed by atoms with van der Waals surface area (Å²) in [7, 11) is -2.15. The molecule has 8 atom stereocenters. The normalized spacial score (nSPS) is 25.7. The van der Waals surface area contributed by atoms with E-state index in [9.17, 15) is 32.2 Å². The average molecular weight is 1170 g/mol. The zero-order valence-electron chi connectivity index (χ0n) is 45.0. The summed E-state index contributed by atoms with van der Waals surface area (Å²) in [5.41, 5.74) is 0.563. The third-order valence-electron chi connectivity index (χ3n) is 14.9. The fourth-order valence-corrected chi connectivity index (χ4v) is 12.9. The van der Waals surface area contributed by atoms with Crippen molar-refractivity contribution in [3.8, 4) is 0 Å². The molecule has 24 heteroatoms. The number of ether oxygens (including phenoxy) is 3. The van der Waals surface area contributed by atoms with E-state index in [0.717, 1.165) is 45.8 Å². The number of nitrogens with zero attached hydrogens (tertiary/aromatic N) is 8. The van der Waals surface area contributed by atoms with Crippen LogP contribution in [0.15, 0.2) is 126 Å².